The Balaban J connectivity index is 2.49. The summed E-state index contributed by atoms with van der Waals surface area (Å²) in [5.74, 6) is -0.703. The number of hydrogen-bond acceptors (Lipinski definition) is 11. The van der Waals surface area contributed by atoms with Crippen LogP contribution in [0.5, 0.6) is 0 Å². The molecule has 0 aromatic heterocycles. The zero-order valence-corrected chi connectivity index (χ0v) is 35.6. The highest BCUT2D eigenvalue weighted by molar-refractivity contribution is 7.80. The van der Waals surface area contributed by atoms with E-state index < -0.39 is 78.5 Å². The zero-order chi connectivity index (χ0) is 41.4. The average molecular weight is 824 g/mol. The number of nitrogens with one attached hydrogen (secondary N) is 1. The Kier molecular flexibility index (Phi) is 31.7. The zero-order valence-electron chi connectivity index (χ0n) is 34.8. The van der Waals surface area contributed by atoms with Crippen LogP contribution in [0.15, 0.2) is 12.2 Å². The lowest BCUT2D eigenvalue weighted by molar-refractivity contribution is -0.298. The van der Waals surface area contributed by atoms with E-state index in [9.17, 15) is 38.7 Å². The number of aliphatic hydroxyl groups excluding tert-OH is 5. The molecule has 0 aromatic carbocycles. The van der Waals surface area contributed by atoms with Crippen LogP contribution in [0, 0.1) is 0 Å². The number of carbonyl (C=O) groups is 1. The van der Waals surface area contributed by atoms with Gasteiger partial charge in [-0.3, -0.25) is 9.35 Å². The SMILES string of the molecule is CCCCCCCC/C=C/C(O)C(COC1OC(CO)C(O)C(OS(=O)(=O)O)C1O)NC(=O)C(O)CCCCCCCCCCCCCCCCCCCCC. The van der Waals surface area contributed by atoms with Crippen LogP contribution >= 0.6 is 0 Å². The molecule has 1 aliphatic heterocycles. The van der Waals surface area contributed by atoms with Gasteiger partial charge in [0.15, 0.2) is 6.29 Å². The smallest absolute Gasteiger partial charge is 0.394 e. The van der Waals surface area contributed by atoms with Gasteiger partial charge in [0.2, 0.25) is 5.91 Å². The molecule has 0 spiro atoms. The molecule has 8 unspecified atom stereocenters. The lowest BCUT2D eigenvalue weighted by Crippen LogP contribution is -2.61. The number of aliphatic hydroxyl groups is 5. The number of rotatable bonds is 37. The maximum absolute atomic E-state index is 13.0. The third-order valence-electron chi connectivity index (χ3n) is 10.7. The van der Waals surface area contributed by atoms with Crippen LogP contribution < -0.4 is 5.32 Å². The fourth-order valence-electron chi connectivity index (χ4n) is 7.11. The molecule has 1 amide bonds. The second-order valence-electron chi connectivity index (χ2n) is 15.8. The van der Waals surface area contributed by atoms with Crippen LogP contribution in [-0.2, 0) is 28.9 Å². The van der Waals surface area contributed by atoms with Gasteiger partial charge in [-0.25, -0.2) is 4.18 Å². The minimum absolute atomic E-state index is 0.247. The monoisotopic (exact) mass is 824 g/mol. The topological polar surface area (TPSA) is 212 Å². The van der Waals surface area contributed by atoms with E-state index in [1.165, 1.54) is 115 Å². The molecule has 14 heteroatoms. The minimum atomic E-state index is -5.11. The highest BCUT2D eigenvalue weighted by Gasteiger charge is 2.48. The maximum Gasteiger partial charge on any atom is 0.397 e. The number of hydrogen-bond donors (Lipinski definition) is 7. The summed E-state index contributed by atoms with van der Waals surface area (Å²) in [6.07, 6.45) is 23.3. The molecule has 0 saturated carbocycles. The molecule has 1 aliphatic rings. The molecule has 332 valence electrons. The summed E-state index contributed by atoms with van der Waals surface area (Å²) in [5.41, 5.74) is 0. The Bertz CT molecular complexity index is 1080. The molecular weight excluding hydrogens is 743 g/mol. The van der Waals surface area contributed by atoms with E-state index in [0.717, 1.165) is 44.9 Å². The molecule has 8 atom stereocenters. The first kappa shape index (κ1) is 52.8. The van der Waals surface area contributed by atoms with Crippen molar-refractivity contribution in [1.82, 2.24) is 5.32 Å². The van der Waals surface area contributed by atoms with Gasteiger partial charge < -0.3 is 40.3 Å². The van der Waals surface area contributed by atoms with Gasteiger partial charge in [0.25, 0.3) is 0 Å². The normalized spacial score (nSPS) is 22.0. The Morgan fingerprint density at radius 2 is 1.16 bits per heavy atom. The van der Waals surface area contributed by atoms with Crippen LogP contribution in [0.25, 0.3) is 0 Å². The first-order chi connectivity index (χ1) is 26.9. The van der Waals surface area contributed by atoms with Gasteiger partial charge in [0, 0.05) is 0 Å². The van der Waals surface area contributed by atoms with Gasteiger partial charge in [-0.05, 0) is 19.3 Å². The molecule has 1 fully saturated rings. The third kappa shape index (κ3) is 26.0. The van der Waals surface area contributed by atoms with E-state index in [0.29, 0.717) is 12.8 Å². The lowest BCUT2D eigenvalue weighted by atomic mass is 9.99. The number of unbranched alkanes of at least 4 members (excludes halogenated alkanes) is 24. The van der Waals surface area contributed by atoms with Crippen LogP contribution in [0.1, 0.15) is 187 Å². The van der Waals surface area contributed by atoms with Gasteiger partial charge in [-0.2, -0.15) is 8.42 Å². The highest BCUT2D eigenvalue weighted by Crippen LogP contribution is 2.26. The van der Waals surface area contributed by atoms with Crippen molar-refractivity contribution in [3.63, 3.8) is 0 Å². The first-order valence-corrected chi connectivity index (χ1v) is 23.5. The van der Waals surface area contributed by atoms with E-state index in [2.05, 4.69) is 23.3 Å². The van der Waals surface area contributed by atoms with Crippen molar-refractivity contribution >= 4 is 16.3 Å². The number of carbonyl (C=O) groups excluding carboxylic acids is 1. The minimum Gasteiger partial charge on any atom is -0.394 e. The predicted octanol–water partition coefficient (Wildman–Crippen LogP) is 6.97. The van der Waals surface area contributed by atoms with E-state index in [-0.39, 0.29) is 6.42 Å². The summed E-state index contributed by atoms with van der Waals surface area (Å²) in [6.45, 7) is 3.16. The standard InChI is InChI=1S/C42H81NO12S/c1-3-5-7-9-11-13-14-15-16-17-18-19-20-21-22-23-25-27-29-31-36(46)41(49)43-34(35(45)30-28-26-24-12-10-8-6-4-2)33-53-42-39(48)40(55-56(50,51)52)38(47)37(32-44)54-42/h28,30,34-40,42,44-48H,3-27,29,31-33H2,1-2H3,(H,43,49)(H,50,51,52)/b30-28+. The van der Waals surface area contributed by atoms with Crippen LogP contribution in [0.3, 0.4) is 0 Å². The van der Waals surface area contributed by atoms with E-state index >= 15 is 0 Å². The van der Waals surface area contributed by atoms with Gasteiger partial charge >= 0.3 is 10.4 Å². The summed E-state index contributed by atoms with van der Waals surface area (Å²) in [4.78, 5) is 13.0. The van der Waals surface area contributed by atoms with Crippen LogP contribution in [0.4, 0.5) is 0 Å². The molecule has 0 bridgehead atoms. The average Bonchev–Trinajstić information content (AvgIpc) is 3.16. The number of amides is 1. The van der Waals surface area contributed by atoms with Gasteiger partial charge in [0.1, 0.15) is 30.5 Å². The van der Waals surface area contributed by atoms with Gasteiger partial charge in [0.05, 0.1) is 25.4 Å². The molecular formula is C42H81NO12S. The van der Waals surface area contributed by atoms with Crippen molar-refractivity contribution in [3.05, 3.63) is 12.2 Å². The fraction of sp³-hybridized carbons (Fsp3) is 0.929. The van der Waals surface area contributed by atoms with Gasteiger partial charge in [-0.1, -0.05) is 180 Å². The fourth-order valence-corrected chi connectivity index (χ4v) is 7.62. The molecule has 0 aromatic rings. The molecule has 7 N–H and O–H groups in total. The van der Waals surface area contributed by atoms with Crippen LogP contribution in [-0.4, -0.2) is 107 Å². The number of allylic oxidation sites excluding steroid dienone is 1. The molecule has 1 heterocycles. The van der Waals surface area contributed by atoms with Crippen LogP contribution in [0.2, 0.25) is 0 Å². The van der Waals surface area contributed by atoms with Crippen molar-refractivity contribution in [2.75, 3.05) is 13.2 Å². The van der Waals surface area contributed by atoms with E-state index in [4.69, 9.17) is 14.0 Å². The largest absolute Gasteiger partial charge is 0.397 e. The second-order valence-corrected chi connectivity index (χ2v) is 16.8. The molecule has 1 rings (SSSR count). The predicted molar refractivity (Wildman–Crippen MR) is 219 cm³/mol. The van der Waals surface area contributed by atoms with Crippen molar-refractivity contribution in [2.24, 2.45) is 0 Å². The maximum atomic E-state index is 13.0. The summed E-state index contributed by atoms with van der Waals surface area (Å²) in [7, 11) is -5.11. The molecule has 0 aliphatic carbocycles. The van der Waals surface area contributed by atoms with Crippen molar-refractivity contribution < 1.29 is 57.0 Å². The quantitative estimate of drug-likeness (QED) is 0.0192. The molecule has 13 nitrogen and oxygen atoms in total. The Morgan fingerprint density at radius 3 is 1.61 bits per heavy atom. The highest BCUT2D eigenvalue weighted by atomic mass is 32.3. The summed E-state index contributed by atoms with van der Waals surface area (Å²) >= 11 is 0. The van der Waals surface area contributed by atoms with E-state index in [1.54, 1.807) is 6.08 Å². The Hall–Kier alpha value is -1.20. The van der Waals surface area contributed by atoms with Crippen molar-refractivity contribution in [1.29, 1.82) is 0 Å². The first-order valence-electron chi connectivity index (χ1n) is 22.2. The lowest BCUT2D eigenvalue weighted by Gasteiger charge is -2.41. The van der Waals surface area contributed by atoms with E-state index in [1.807, 2.05) is 0 Å². The molecule has 0 radical (unpaired) electrons. The summed E-state index contributed by atoms with van der Waals surface area (Å²) in [6, 6.07) is -1.11. The Labute approximate surface area is 339 Å². The molecule has 56 heavy (non-hydrogen) atoms. The third-order valence-corrected chi connectivity index (χ3v) is 11.1. The Morgan fingerprint density at radius 1 is 0.714 bits per heavy atom. The summed E-state index contributed by atoms with van der Waals surface area (Å²) < 4.78 is 47.3. The summed E-state index contributed by atoms with van der Waals surface area (Å²) in [5, 5.41) is 54.9. The van der Waals surface area contributed by atoms with Gasteiger partial charge in [-0.15, -0.1) is 0 Å². The van der Waals surface area contributed by atoms with Crippen molar-refractivity contribution in [2.45, 2.75) is 236 Å². The molecule has 1 saturated heterocycles. The second kappa shape index (κ2) is 33.6. The number of ether oxygens (including phenoxy) is 2. The van der Waals surface area contributed by atoms with Crippen molar-refractivity contribution in [3.8, 4) is 0 Å².